The first-order chi connectivity index (χ1) is 12.2. The summed E-state index contributed by atoms with van der Waals surface area (Å²) in [6.07, 6.45) is 0. The summed E-state index contributed by atoms with van der Waals surface area (Å²) in [5.41, 5.74) is 9.94. The van der Waals surface area contributed by atoms with E-state index in [0.717, 1.165) is 27.5 Å². The van der Waals surface area contributed by atoms with E-state index in [0.29, 0.717) is 23.0 Å². The van der Waals surface area contributed by atoms with E-state index >= 15 is 0 Å². The molecule has 122 valence electrons. The normalized spacial score (nSPS) is 11.5. The van der Waals surface area contributed by atoms with Crippen molar-refractivity contribution in [1.29, 1.82) is 0 Å². The van der Waals surface area contributed by atoms with Crippen molar-refractivity contribution in [1.82, 2.24) is 30.4 Å². The van der Waals surface area contributed by atoms with E-state index in [1.165, 1.54) is 0 Å². The number of imidazole rings is 1. The molecule has 0 aliphatic rings. The second kappa shape index (κ2) is 4.84. The van der Waals surface area contributed by atoms with Crippen molar-refractivity contribution < 1.29 is 5.11 Å². The number of benzene rings is 2. The summed E-state index contributed by atoms with van der Waals surface area (Å²) in [5, 5.41) is 25.3. The molecule has 6 N–H and O–H groups in total. The van der Waals surface area contributed by atoms with Gasteiger partial charge in [-0.2, -0.15) is 10.2 Å². The highest BCUT2D eigenvalue weighted by Crippen LogP contribution is 2.35. The van der Waals surface area contributed by atoms with Crippen LogP contribution in [0.5, 0.6) is 5.75 Å². The number of aromatic amines is 3. The van der Waals surface area contributed by atoms with Crippen LogP contribution < -0.4 is 5.73 Å². The second-order valence-corrected chi connectivity index (χ2v) is 5.77. The summed E-state index contributed by atoms with van der Waals surface area (Å²) in [6, 6.07) is 13.2. The van der Waals surface area contributed by atoms with Crippen LogP contribution in [-0.4, -0.2) is 35.5 Å². The molecule has 0 saturated carbocycles. The molecular formula is C17H13N7O. The van der Waals surface area contributed by atoms with E-state index in [-0.39, 0.29) is 5.75 Å². The lowest BCUT2D eigenvalue weighted by molar-refractivity contribution is 0.479. The molecule has 0 fully saturated rings. The summed E-state index contributed by atoms with van der Waals surface area (Å²) >= 11 is 0. The van der Waals surface area contributed by atoms with Crippen LogP contribution in [0.25, 0.3) is 44.7 Å². The highest BCUT2D eigenvalue weighted by Gasteiger charge is 2.18. The second-order valence-electron chi connectivity index (χ2n) is 5.77. The van der Waals surface area contributed by atoms with Crippen LogP contribution in [0.3, 0.4) is 0 Å². The number of hydrogen-bond acceptors (Lipinski definition) is 5. The van der Waals surface area contributed by atoms with Gasteiger partial charge in [0.1, 0.15) is 5.69 Å². The lowest BCUT2D eigenvalue weighted by Crippen LogP contribution is -1.83. The van der Waals surface area contributed by atoms with Gasteiger partial charge < -0.3 is 15.8 Å². The number of aromatic nitrogens is 6. The van der Waals surface area contributed by atoms with Crippen molar-refractivity contribution in [2.24, 2.45) is 0 Å². The maximum absolute atomic E-state index is 10.6. The van der Waals surface area contributed by atoms with Gasteiger partial charge in [0.15, 0.2) is 23.1 Å². The Morgan fingerprint density at radius 3 is 2.64 bits per heavy atom. The first kappa shape index (κ1) is 13.6. The van der Waals surface area contributed by atoms with E-state index in [9.17, 15) is 5.11 Å². The maximum atomic E-state index is 10.6. The molecule has 8 nitrogen and oxygen atoms in total. The SMILES string of the molecule is Nc1n[nH]c2cc3[nH]c(-c4n[nH]c(-c5ccccc5)c4O)nc3cc12. The van der Waals surface area contributed by atoms with Crippen LogP contribution in [0, 0.1) is 0 Å². The van der Waals surface area contributed by atoms with Gasteiger partial charge in [-0.05, 0) is 12.1 Å². The zero-order valence-corrected chi connectivity index (χ0v) is 12.9. The molecule has 0 aliphatic carbocycles. The molecule has 0 spiro atoms. The Labute approximate surface area is 140 Å². The first-order valence-electron chi connectivity index (χ1n) is 7.67. The van der Waals surface area contributed by atoms with E-state index < -0.39 is 0 Å². The quantitative estimate of drug-likeness (QED) is 0.339. The van der Waals surface area contributed by atoms with Crippen LogP contribution in [-0.2, 0) is 0 Å². The number of aromatic hydroxyl groups is 1. The predicted molar refractivity (Wildman–Crippen MR) is 94.8 cm³/mol. The van der Waals surface area contributed by atoms with Gasteiger partial charge in [0.2, 0.25) is 0 Å². The van der Waals surface area contributed by atoms with Gasteiger partial charge >= 0.3 is 0 Å². The average Bonchev–Trinajstić information content (AvgIpc) is 3.31. The monoisotopic (exact) mass is 331 g/mol. The Bertz CT molecular complexity index is 1220. The molecule has 3 aromatic heterocycles. The van der Waals surface area contributed by atoms with Crippen molar-refractivity contribution in [3.8, 4) is 28.5 Å². The summed E-state index contributed by atoms with van der Waals surface area (Å²) in [5.74, 6) is 0.956. The molecule has 8 heteroatoms. The Kier molecular flexibility index (Phi) is 2.64. The summed E-state index contributed by atoms with van der Waals surface area (Å²) in [6.45, 7) is 0. The fraction of sp³-hybridized carbons (Fsp3) is 0. The summed E-state index contributed by atoms with van der Waals surface area (Å²) in [4.78, 5) is 7.70. The van der Waals surface area contributed by atoms with Crippen LogP contribution in [0.2, 0.25) is 0 Å². The molecule has 0 aliphatic heterocycles. The molecule has 0 bridgehead atoms. The lowest BCUT2D eigenvalue weighted by Gasteiger charge is -1.97. The van der Waals surface area contributed by atoms with Crippen LogP contribution in [0.1, 0.15) is 0 Å². The van der Waals surface area contributed by atoms with E-state index in [1.54, 1.807) is 0 Å². The third kappa shape index (κ3) is 1.97. The highest BCUT2D eigenvalue weighted by molar-refractivity contribution is 5.99. The fourth-order valence-corrected chi connectivity index (χ4v) is 2.96. The van der Waals surface area contributed by atoms with E-state index in [1.807, 2.05) is 42.5 Å². The van der Waals surface area contributed by atoms with Crippen molar-refractivity contribution in [3.05, 3.63) is 42.5 Å². The third-order valence-corrected chi connectivity index (χ3v) is 4.22. The standard InChI is InChI=1S/C17H13N7O/c18-16-9-6-11-12(7-10(9)21-24-16)20-17(19-11)14-15(25)13(22-23-14)8-4-2-1-3-5-8/h1-7,25H,(H,19,20)(H,22,23)(H3,18,21,24). The Hall–Kier alpha value is -3.81. The van der Waals surface area contributed by atoms with Crippen molar-refractivity contribution in [2.75, 3.05) is 5.73 Å². The number of nitrogen functional groups attached to an aromatic ring is 1. The molecule has 0 amide bonds. The Balaban J connectivity index is 1.66. The molecule has 0 radical (unpaired) electrons. The van der Waals surface area contributed by atoms with Crippen LogP contribution in [0.4, 0.5) is 5.82 Å². The lowest BCUT2D eigenvalue weighted by atomic mass is 10.1. The maximum Gasteiger partial charge on any atom is 0.172 e. The Morgan fingerprint density at radius 2 is 1.80 bits per heavy atom. The van der Waals surface area contributed by atoms with Crippen molar-refractivity contribution in [3.63, 3.8) is 0 Å². The fourth-order valence-electron chi connectivity index (χ4n) is 2.96. The van der Waals surface area contributed by atoms with Crippen molar-refractivity contribution >= 4 is 27.8 Å². The molecular weight excluding hydrogens is 318 g/mol. The number of H-pyrrole nitrogens is 3. The van der Waals surface area contributed by atoms with E-state index in [2.05, 4.69) is 30.4 Å². The van der Waals surface area contributed by atoms with Crippen LogP contribution in [0.15, 0.2) is 42.5 Å². The summed E-state index contributed by atoms with van der Waals surface area (Å²) < 4.78 is 0. The number of nitrogens with two attached hydrogens (primary N) is 1. The number of rotatable bonds is 2. The number of anilines is 1. The summed E-state index contributed by atoms with van der Waals surface area (Å²) in [7, 11) is 0. The minimum atomic E-state index is 0.0528. The smallest absolute Gasteiger partial charge is 0.172 e. The topological polar surface area (TPSA) is 132 Å². The van der Waals surface area contributed by atoms with Gasteiger partial charge in [-0.3, -0.25) is 10.2 Å². The number of fused-ring (bicyclic) bond motifs is 2. The van der Waals surface area contributed by atoms with Crippen LogP contribution >= 0.6 is 0 Å². The number of nitrogens with zero attached hydrogens (tertiary/aromatic N) is 3. The molecule has 5 rings (SSSR count). The average molecular weight is 331 g/mol. The zero-order valence-electron chi connectivity index (χ0n) is 12.9. The van der Waals surface area contributed by atoms with Gasteiger partial charge in [0.05, 0.1) is 16.6 Å². The number of nitrogens with one attached hydrogen (secondary N) is 3. The van der Waals surface area contributed by atoms with Gasteiger partial charge in [-0.1, -0.05) is 30.3 Å². The molecule has 5 aromatic rings. The Morgan fingerprint density at radius 1 is 0.960 bits per heavy atom. The molecule has 0 atom stereocenters. The largest absolute Gasteiger partial charge is 0.504 e. The first-order valence-corrected chi connectivity index (χ1v) is 7.67. The molecule has 3 heterocycles. The molecule has 25 heavy (non-hydrogen) atoms. The predicted octanol–water partition coefficient (Wildman–Crippen LogP) is 2.78. The zero-order chi connectivity index (χ0) is 17.0. The van der Waals surface area contributed by atoms with Gasteiger partial charge in [0.25, 0.3) is 0 Å². The third-order valence-electron chi connectivity index (χ3n) is 4.22. The van der Waals surface area contributed by atoms with Gasteiger partial charge in [0, 0.05) is 10.9 Å². The minimum Gasteiger partial charge on any atom is -0.504 e. The minimum absolute atomic E-state index is 0.0528. The number of hydrogen-bond donors (Lipinski definition) is 5. The molecule has 2 aromatic carbocycles. The molecule has 0 saturated heterocycles. The van der Waals surface area contributed by atoms with E-state index in [4.69, 9.17) is 5.73 Å². The van der Waals surface area contributed by atoms with Crippen molar-refractivity contribution in [2.45, 2.75) is 0 Å². The molecule has 0 unspecified atom stereocenters. The van der Waals surface area contributed by atoms with Gasteiger partial charge in [-0.15, -0.1) is 0 Å². The highest BCUT2D eigenvalue weighted by atomic mass is 16.3. The van der Waals surface area contributed by atoms with Gasteiger partial charge in [-0.25, -0.2) is 4.98 Å².